The third-order valence-corrected chi connectivity index (χ3v) is 2.50. The third kappa shape index (κ3) is 3.21. The Morgan fingerprint density at radius 2 is 2.38 bits per heavy atom. The van der Waals surface area contributed by atoms with Crippen molar-refractivity contribution in [2.75, 3.05) is 33.4 Å². The van der Waals surface area contributed by atoms with E-state index in [4.69, 9.17) is 10.00 Å². The van der Waals surface area contributed by atoms with Crippen LogP contribution in [0, 0.1) is 17.2 Å². The summed E-state index contributed by atoms with van der Waals surface area (Å²) in [5.41, 5.74) is 0. The van der Waals surface area contributed by atoms with Crippen LogP contribution >= 0.6 is 0 Å². The van der Waals surface area contributed by atoms with Gasteiger partial charge in [0.05, 0.1) is 12.7 Å². The van der Waals surface area contributed by atoms with Gasteiger partial charge in [0, 0.05) is 26.1 Å². The van der Waals surface area contributed by atoms with Gasteiger partial charge in [-0.3, -0.25) is 9.59 Å². The van der Waals surface area contributed by atoms with Gasteiger partial charge in [0.1, 0.15) is 6.54 Å². The number of nitrogens with one attached hydrogen (secondary N) is 1. The van der Waals surface area contributed by atoms with Gasteiger partial charge in [0.25, 0.3) is 0 Å². The zero-order chi connectivity index (χ0) is 12.0. The fourth-order valence-corrected chi connectivity index (χ4v) is 1.73. The standard InChI is InChI=1S/C10H15N3O3/c1-16-7-8-2-5-13(6-8)10(15)9(14)12-4-3-11/h8H,2,4-7H2,1H3,(H,12,14). The Bertz CT molecular complexity index is 311. The van der Waals surface area contributed by atoms with E-state index in [1.165, 1.54) is 4.90 Å². The number of amides is 2. The summed E-state index contributed by atoms with van der Waals surface area (Å²) in [5, 5.41) is 10.5. The Morgan fingerprint density at radius 1 is 1.62 bits per heavy atom. The quantitative estimate of drug-likeness (QED) is 0.499. The predicted molar refractivity (Wildman–Crippen MR) is 55.2 cm³/mol. The molecule has 1 saturated heterocycles. The van der Waals surface area contributed by atoms with E-state index < -0.39 is 11.8 Å². The Labute approximate surface area is 94.2 Å². The number of hydrogen-bond acceptors (Lipinski definition) is 4. The van der Waals surface area contributed by atoms with Crippen molar-refractivity contribution in [2.24, 2.45) is 5.92 Å². The van der Waals surface area contributed by atoms with Crippen molar-refractivity contribution >= 4 is 11.8 Å². The zero-order valence-electron chi connectivity index (χ0n) is 9.23. The number of methoxy groups -OCH3 is 1. The first-order chi connectivity index (χ1) is 7.69. The molecule has 0 aliphatic carbocycles. The molecule has 1 fully saturated rings. The van der Waals surface area contributed by atoms with Crippen LogP contribution in [-0.4, -0.2) is 50.1 Å². The number of rotatable bonds is 3. The maximum atomic E-state index is 11.6. The minimum atomic E-state index is -0.709. The molecule has 0 bridgehead atoms. The highest BCUT2D eigenvalue weighted by Crippen LogP contribution is 2.16. The van der Waals surface area contributed by atoms with Crippen molar-refractivity contribution in [1.82, 2.24) is 10.2 Å². The van der Waals surface area contributed by atoms with Crippen molar-refractivity contribution in [3.8, 4) is 6.07 Å². The van der Waals surface area contributed by atoms with Gasteiger partial charge in [-0.2, -0.15) is 5.26 Å². The molecule has 1 rings (SSSR count). The van der Waals surface area contributed by atoms with Crippen LogP contribution in [0.25, 0.3) is 0 Å². The Balaban J connectivity index is 2.39. The highest BCUT2D eigenvalue weighted by Gasteiger charge is 2.29. The normalized spacial score (nSPS) is 19.2. The van der Waals surface area contributed by atoms with E-state index in [9.17, 15) is 9.59 Å². The Morgan fingerprint density at radius 3 is 3.00 bits per heavy atom. The number of ether oxygens (including phenoxy) is 1. The molecule has 1 atom stereocenters. The maximum Gasteiger partial charge on any atom is 0.311 e. The molecular weight excluding hydrogens is 210 g/mol. The summed E-state index contributed by atoms with van der Waals surface area (Å²) in [7, 11) is 1.62. The minimum Gasteiger partial charge on any atom is -0.384 e. The lowest BCUT2D eigenvalue weighted by molar-refractivity contribution is -0.145. The van der Waals surface area contributed by atoms with Crippen LogP contribution in [0.3, 0.4) is 0 Å². The minimum absolute atomic E-state index is 0.139. The van der Waals surface area contributed by atoms with Crippen LogP contribution in [0.1, 0.15) is 6.42 Å². The SMILES string of the molecule is COCC1CCN(C(=O)C(=O)NCC#N)C1. The molecule has 1 unspecified atom stereocenters. The summed E-state index contributed by atoms with van der Waals surface area (Å²) in [4.78, 5) is 24.3. The molecule has 0 radical (unpaired) electrons. The van der Waals surface area contributed by atoms with Crippen LogP contribution in [0.4, 0.5) is 0 Å². The molecule has 1 aliphatic rings. The second kappa shape index (κ2) is 6.08. The Hall–Kier alpha value is -1.61. The van der Waals surface area contributed by atoms with E-state index in [-0.39, 0.29) is 6.54 Å². The molecule has 0 aromatic heterocycles. The largest absolute Gasteiger partial charge is 0.384 e. The van der Waals surface area contributed by atoms with Crippen LogP contribution in [0.2, 0.25) is 0 Å². The van der Waals surface area contributed by atoms with Crippen molar-refractivity contribution in [3.05, 3.63) is 0 Å². The van der Waals surface area contributed by atoms with Crippen LogP contribution in [-0.2, 0) is 14.3 Å². The predicted octanol–water partition coefficient (Wildman–Crippen LogP) is -0.879. The first kappa shape index (κ1) is 12.5. The van der Waals surface area contributed by atoms with E-state index in [0.29, 0.717) is 25.6 Å². The number of carbonyl (C=O) groups is 2. The molecule has 6 nitrogen and oxygen atoms in total. The summed E-state index contributed by atoms with van der Waals surface area (Å²) in [6, 6.07) is 1.75. The molecular formula is C10H15N3O3. The van der Waals surface area contributed by atoms with Crippen molar-refractivity contribution in [1.29, 1.82) is 5.26 Å². The molecule has 0 saturated carbocycles. The second-order valence-corrected chi connectivity index (χ2v) is 3.70. The molecule has 6 heteroatoms. The topological polar surface area (TPSA) is 82.4 Å². The van der Waals surface area contributed by atoms with E-state index in [2.05, 4.69) is 5.32 Å². The van der Waals surface area contributed by atoms with Gasteiger partial charge in [-0.15, -0.1) is 0 Å². The smallest absolute Gasteiger partial charge is 0.311 e. The first-order valence-corrected chi connectivity index (χ1v) is 5.12. The summed E-state index contributed by atoms with van der Waals surface area (Å²) in [6.07, 6.45) is 0.852. The number of hydrogen-bond donors (Lipinski definition) is 1. The van der Waals surface area contributed by atoms with Crippen LogP contribution < -0.4 is 5.32 Å². The molecule has 0 aromatic carbocycles. The molecule has 2 amide bonds. The molecule has 0 aromatic rings. The lowest BCUT2D eigenvalue weighted by atomic mass is 10.1. The average Bonchev–Trinajstić information content (AvgIpc) is 2.74. The highest BCUT2D eigenvalue weighted by molar-refractivity contribution is 6.35. The van der Waals surface area contributed by atoms with E-state index in [1.54, 1.807) is 13.2 Å². The van der Waals surface area contributed by atoms with Crippen LogP contribution in [0.15, 0.2) is 0 Å². The van der Waals surface area contributed by atoms with E-state index in [0.717, 1.165) is 6.42 Å². The van der Waals surface area contributed by atoms with Gasteiger partial charge in [-0.25, -0.2) is 0 Å². The van der Waals surface area contributed by atoms with Gasteiger partial charge in [-0.05, 0) is 6.42 Å². The zero-order valence-corrected chi connectivity index (χ0v) is 9.23. The van der Waals surface area contributed by atoms with Gasteiger partial charge in [-0.1, -0.05) is 0 Å². The number of nitrogens with zero attached hydrogens (tertiary/aromatic N) is 2. The maximum absolute atomic E-state index is 11.6. The fourth-order valence-electron chi connectivity index (χ4n) is 1.73. The van der Waals surface area contributed by atoms with Gasteiger partial charge in [0.2, 0.25) is 0 Å². The fraction of sp³-hybridized carbons (Fsp3) is 0.700. The van der Waals surface area contributed by atoms with Crippen molar-refractivity contribution < 1.29 is 14.3 Å². The highest BCUT2D eigenvalue weighted by atomic mass is 16.5. The molecule has 0 spiro atoms. The number of nitriles is 1. The lowest BCUT2D eigenvalue weighted by Gasteiger charge is -2.15. The van der Waals surface area contributed by atoms with Crippen molar-refractivity contribution in [2.45, 2.75) is 6.42 Å². The van der Waals surface area contributed by atoms with Crippen LogP contribution in [0.5, 0.6) is 0 Å². The lowest BCUT2D eigenvalue weighted by Crippen LogP contribution is -2.42. The van der Waals surface area contributed by atoms with Gasteiger partial charge < -0.3 is 15.0 Å². The summed E-state index contributed by atoms with van der Waals surface area (Å²) < 4.78 is 5.00. The van der Waals surface area contributed by atoms with E-state index >= 15 is 0 Å². The molecule has 1 heterocycles. The first-order valence-electron chi connectivity index (χ1n) is 5.12. The third-order valence-electron chi connectivity index (χ3n) is 2.50. The summed E-state index contributed by atoms with van der Waals surface area (Å²) in [5.74, 6) is -0.966. The molecule has 88 valence electrons. The summed E-state index contributed by atoms with van der Waals surface area (Å²) in [6.45, 7) is 1.59. The van der Waals surface area contributed by atoms with Gasteiger partial charge in [0.15, 0.2) is 0 Å². The van der Waals surface area contributed by atoms with E-state index in [1.807, 2.05) is 0 Å². The average molecular weight is 225 g/mol. The second-order valence-electron chi connectivity index (χ2n) is 3.70. The number of likely N-dealkylation sites (tertiary alicyclic amines) is 1. The van der Waals surface area contributed by atoms with Gasteiger partial charge >= 0.3 is 11.8 Å². The van der Waals surface area contributed by atoms with Crippen molar-refractivity contribution in [3.63, 3.8) is 0 Å². The summed E-state index contributed by atoms with van der Waals surface area (Å²) >= 11 is 0. The monoisotopic (exact) mass is 225 g/mol. The molecule has 16 heavy (non-hydrogen) atoms. The Kier molecular flexibility index (Phi) is 4.73. The number of carbonyl (C=O) groups excluding carboxylic acids is 2. The molecule has 1 aliphatic heterocycles. The molecule has 1 N–H and O–H groups in total.